The summed E-state index contributed by atoms with van der Waals surface area (Å²) in [6, 6.07) is 53.6. The SMILES string of the molecule is c1ccc2c(c1)-c1ccccc1[Si]21c2ccccc2-c2ccc(N3c4ccccc4C4(CCCC4)c4ccccc43)cc21. The predicted molar refractivity (Wildman–Crippen MR) is 182 cm³/mol. The van der Waals surface area contributed by atoms with E-state index in [1.807, 2.05) is 0 Å². The van der Waals surface area contributed by atoms with Crippen molar-refractivity contribution >= 4 is 45.9 Å². The molecule has 3 aliphatic heterocycles. The molecule has 204 valence electrons. The summed E-state index contributed by atoms with van der Waals surface area (Å²) in [5.41, 5.74) is 12.7. The third-order valence-corrected chi connectivity index (χ3v) is 16.0. The van der Waals surface area contributed by atoms with Crippen LogP contribution in [0.2, 0.25) is 0 Å². The van der Waals surface area contributed by atoms with Crippen LogP contribution in [0.3, 0.4) is 0 Å². The van der Waals surface area contributed by atoms with E-state index in [4.69, 9.17) is 0 Å². The summed E-state index contributed by atoms with van der Waals surface area (Å²) in [5, 5.41) is 6.12. The Kier molecular flexibility index (Phi) is 4.69. The van der Waals surface area contributed by atoms with Gasteiger partial charge in [0.2, 0.25) is 0 Å². The molecule has 10 rings (SSSR count). The van der Waals surface area contributed by atoms with Gasteiger partial charge in [0.05, 0.1) is 11.4 Å². The fraction of sp³-hybridized carbons (Fsp3) is 0.122. The molecule has 6 aromatic carbocycles. The van der Waals surface area contributed by atoms with Gasteiger partial charge in [-0.1, -0.05) is 128 Å². The molecule has 1 nitrogen and oxygen atoms in total. The molecule has 2 spiro atoms. The van der Waals surface area contributed by atoms with Crippen LogP contribution in [-0.2, 0) is 5.41 Å². The van der Waals surface area contributed by atoms with Gasteiger partial charge in [0, 0.05) is 11.1 Å². The maximum atomic E-state index is 2.58. The Labute approximate surface area is 254 Å². The molecule has 1 saturated carbocycles. The zero-order chi connectivity index (χ0) is 28.2. The van der Waals surface area contributed by atoms with Crippen molar-refractivity contribution in [3.05, 3.63) is 151 Å². The van der Waals surface area contributed by atoms with Crippen LogP contribution in [0, 0.1) is 0 Å². The van der Waals surface area contributed by atoms with Crippen LogP contribution < -0.4 is 25.6 Å². The predicted octanol–water partition coefficient (Wildman–Crippen LogP) is 7.67. The largest absolute Gasteiger partial charge is 0.310 e. The Hall–Kier alpha value is -4.66. The summed E-state index contributed by atoms with van der Waals surface area (Å²) in [7, 11) is -2.49. The van der Waals surface area contributed by atoms with Gasteiger partial charge in [0.25, 0.3) is 0 Å². The first-order valence-electron chi connectivity index (χ1n) is 15.8. The maximum Gasteiger partial charge on any atom is 0.182 e. The van der Waals surface area contributed by atoms with Crippen LogP contribution in [0.4, 0.5) is 17.1 Å². The molecular formula is C41H31NSi. The number of rotatable bonds is 1. The summed E-state index contributed by atoms with van der Waals surface area (Å²) in [6.45, 7) is 0. The molecule has 0 bridgehead atoms. The highest BCUT2D eigenvalue weighted by molar-refractivity contribution is 7.24. The summed E-state index contributed by atoms with van der Waals surface area (Å²) >= 11 is 0. The first kappa shape index (κ1) is 23.9. The van der Waals surface area contributed by atoms with Crippen LogP contribution in [0.15, 0.2) is 140 Å². The number of anilines is 3. The molecule has 0 N–H and O–H groups in total. The molecule has 6 aromatic rings. The van der Waals surface area contributed by atoms with Crippen molar-refractivity contribution in [1.82, 2.24) is 0 Å². The quantitative estimate of drug-likeness (QED) is 0.185. The Morgan fingerprint density at radius 1 is 0.442 bits per heavy atom. The van der Waals surface area contributed by atoms with E-state index in [0.29, 0.717) is 0 Å². The van der Waals surface area contributed by atoms with Gasteiger partial charge in [-0.3, -0.25) is 0 Å². The number of para-hydroxylation sites is 2. The average Bonchev–Trinajstić information content (AvgIpc) is 3.76. The second kappa shape index (κ2) is 8.46. The summed E-state index contributed by atoms with van der Waals surface area (Å²) < 4.78 is 0. The van der Waals surface area contributed by atoms with Gasteiger partial charge in [0.15, 0.2) is 8.07 Å². The Balaban J connectivity index is 1.28. The van der Waals surface area contributed by atoms with Crippen molar-refractivity contribution in [1.29, 1.82) is 0 Å². The minimum absolute atomic E-state index is 0.121. The lowest BCUT2D eigenvalue weighted by Gasteiger charge is -2.44. The number of fused-ring (bicyclic) bond motifs is 14. The monoisotopic (exact) mass is 565 g/mol. The number of hydrogen-bond donors (Lipinski definition) is 0. The summed E-state index contributed by atoms with van der Waals surface area (Å²) in [5.74, 6) is 0. The molecule has 43 heavy (non-hydrogen) atoms. The first-order chi connectivity index (χ1) is 21.3. The van der Waals surface area contributed by atoms with Gasteiger partial charge < -0.3 is 4.90 Å². The molecule has 0 saturated heterocycles. The highest BCUT2D eigenvalue weighted by Gasteiger charge is 2.54. The molecule has 4 aliphatic rings. The molecule has 0 atom stereocenters. The molecule has 1 fully saturated rings. The second-order valence-electron chi connectivity index (χ2n) is 12.8. The standard InChI is InChI=1S/C41H31NSi/c1-8-20-37-29(13-1)30-14-2-9-21-38(30)43(37)39-22-10-3-15-31(39)32-24-23-28(27-40(32)43)42-35-18-6-4-16-33(35)41(25-11-12-26-41)34-17-5-7-19-36(34)42/h1-10,13-24,27H,11-12,25-26H2. The van der Waals surface area contributed by atoms with E-state index in [-0.39, 0.29) is 5.41 Å². The minimum Gasteiger partial charge on any atom is -0.310 e. The summed E-state index contributed by atoms with van der Waals surface area (Å²) in [6.07, 6.45) is 5.06. The average molecular weight is 566 g/mol. The van der Waals surface area contributed by atoms with Crippen molar-refractivity contribution < 1.29 is 0 Å². The van der Waals surface area contributed by atoms with E-state index in [9.17, 15) is 0 Å². The molecule has 3 heterocycles. The Morgan fingerprint density at radius 2 is 0.884 bits per heavy atom. The van der Waals surface area contributed by atoms with Crippen LogP contribution >= 0.6 is 0 Å². The van der Waals surface area contributed by atoms with Crippen molar-refractivity contribution in [3.63, 3.8) is 0 Å². The van der Waals surface area contributed by atoms with Crippen LogP contribution in [0.25, 0.3) is 22.3 Å². The van der Waals surface area contributed by atoms with Gasteiger partial charge in [0.1, 0.15) is 0 Å². The zero-order valence-corrected chi connectivity index (χ0v) is 25.1. The molecule has 0 unspecified atom stereocenters. The molecule has 0 radical (unpaired) electrons. The van der Waals surface area contributed by atoms with Gasteiger partial charge in [-0.05, 0) is 91.2 Å². The van der Waals surface area contributed by atoms with Gasteiger partial charge in [-0.15, -0.1) is 0 Å². The fourth-order valence-corrected chi connectivity index (χ4v) is 15.1. The third kappa shape index (κ3) is 2.83. The van der Waals surface area contributed by atoms with Crippen molar-refractivity contribution in [2.75, 3.05) is 4.90 Å². The molecule has 0 amide bonds. The van der Waals surface area contributed by atoms with Gasteiger partial charge in [-0.2, -0.15) is 0 Å². The highest BCUT2D eigenvalue weighted by Crippen LogP contribution is 2.58. The Morgan fingerprint density at radius 3 is 1.42 bits per heavy atom. The number of benzene rings is 6. The number of hydrogen-bond acceptors (Lipinski definition) is 1. The van der Waals surface area contributed by atoms with Crippen molar-refractivity contribution in [2.24, 2.45) is 0 Å². The summed E-state index contributed by atoms with van der Waals surface area (Å²) in [4.78, 5) is 2.58. The van der Waals surface area contributed by atoms with E-state index in [1.54, 1.807) is 0 Å². The lowest BCUT2D eigenvalue weighted by atomic mass is 9.69. The normalized spacial score (nSPS) is 17.3. The second-order valence-corrected chi connectivity index (χ2v) is 16.4. The van der Waals surface area contributed by atoms with E-state index in [1.165, 1.54) is 96.9 Å². The third-order valence-electron chi connectivity index (χ3n) is 11.0. The van der Waals surface area contributed by atoms with Crippen LogP contribution in [0.1, 0.15) is 36.8 Å². The molecular weight excluding hydrogens is 535 g/mol. The minimum atomic E-state index is -2.49. The van der Waals surface area contributed by atoms with E-state index in [2.05, 4.69) is 144 Å². The van der Waals surface area contributed by atoms with Crippen LogP contribution in [-0.4, -0.2) is 8.07 Å². The van der Waals surface area contributed by atoms with E-state index >= 15 is 0 Å². The fourth-order valence-electron chi connectivity index (χ4n) is 9.44. The smallest absolute Gasteiger partial charge is 0.182 e. The Bertz CT molecular complexity index is 2000. The molecule has 2 heteroatoms. The van der Waals surface area contributed by atoms with Gasteiger partial charge in [-0.25, -0.2) is 0 Å². The van der Waals surface area contributed by atoms with E-state index in [0.717, 1.165) is 0 Å². The lowest BCUT2D eigenvalue weighted by Crippen LogP contribution is -2.70. The number of nitrogens with zero attached hydrogens (tertiary/aromatic N) is 1. The van der Waals surface area contributed by atoms with Crippen LogP contribution in [0.5, 0.6) is 0 Å². The van der Waals surface area contributed by atoms with Crippen molar-refractivity contribution in [3.8, 4) is 22.3 Å². The maximum absolute atomic E-state index is 2.58. The molecule has 1 aliphatic carbocycles. The topological polar surface area (TPSA) is 3.24 Å². The van der Waals surface area contributed by atoms with Gasteiger partial charge >= 0.3 is 0 Å². The first-order valence-corrected chi connectivity index (χ1v) is 17.8. The van der Waals surface area contributed by atoms with Crippen molar-refractivity contribution in [2.45, 2.75) is 31.1 Å². The lowest BCUT2D eigenvalue weighted by molar-refractivity contribution is 0.530. The molecule has 0 aromatic heterocycles. The zero-order valence-electron chi connectivity index (χ0n) is 24.1. The van der Waals surface area contributed by atoms with E-state index < -0.39 is 8.07 Å². The highest BCUT2D eigenvalue weighted by atomic mass is 28.3.